The van der Waals surface area contributed by atoms with Gasteiger partial charge >= 0.3 is 0 Å². The molecule has 178 valence electrons. The number of benzene rings is 6. The molecule has 0 fully saturated rings. The van der Waals surface area contributed by atoms with Gasteiger partial charge in [0.2, 0.25) is 0 Å². The van der Waals surface area contributed by atoms with Crippen LogP contribution in [0.1, 0.15) is 15.9 Å². The second-order valence-electron chi connectivity index (χ2n) is 9.06. The van der Waals surface area contributed by atoms with Crippen LogP contribution in [0.4, 0.5) is 17.1 Å². The topological polar surface area (TPSA) is 74.0 Å². The molecule has 5 nitrogen and oxygen atoms in total. The number of amides is 1. The van der Waals surface area contributed by atoms with Gasteiger partial charge in [-0.3, -0.25) is 4.79 Å². The number of nitrogens with one attached hydrogen (secondary N) is 1. The Morgan fingerprint density at radius 2 is 1.32 bits per heavy atom. The molecule has 0 bridgehead atoms. The molecule has 0 aliphatic heterocycles. The minimum atomic E-state index is -0.416. The SMILES string of the molecule is Cc1ccc(NC(=O)c2cc3ccccc3c(N=Nc3cccc4cc5ccccc5cc34)c2O)cc1. The van der Waals surface area contributed by atoms with Gasteiger partial charge in [0.1, 0.15) is 5.69 Å². The summed E-state index contributed by atoms with van der Waals surface area (Å²) in [5.41, 5.74) is 2.81. The van der Waals surface area contributed by atoms with Crippen molar-refractivity contribution >= 4 is 55.3 Å². The lowest BCUT2D eigenvalue weighted by Gasteiger charge is -2.11. The average Bonchev–Trinajstić information content (AvgIpc) is 2.92. The molecule has 6 aromatic carbocycles. The van der Waals surface area contributed by atoms with E-state index in [0.29, 0.717) is 16.8 Å². The number of phenolic OH excluding ortho intramolecular Hbond substituents is 1. The quantitative estimate of drug-likeness (QED) is 0.195. The van der Waals surface area contributed by atoms with Gasteiger partial charge in [0.25, 0.3) is 5.91 Å². The summed E-state index contributed by atoms with van der Waals surface area (Å²) in [4.78, 5) is 13.1. The van der Waals surface area contributed by atoms with E-state index in [1.54, 1.807) is 6.07 Å². The van der Waals surface area contributed by atoms with Gasteiger partial charge in [-0.2, -0.15) is 0 Å². The van der Waals surface area contributed by atoms with E-state index in [4.69, 9.17) is 0 Å². The molecule has 0 saturated heterocycles. The van der Waals surface area contributed by atoms with E-state index in [1.165, 1.54) is 0 Å². The number of carbonyl (C=O) groups excluding carboxylic acids is 1. The van der Waals surface area contributed by atoms with Crippen LogP contribution in [0.2, 0.25) is 0 Å². The van der Waals surface area contributed by atoms with E-state index in [-0.39, 0.29) is 17.0 Å². The third-order valence-electron chi connectivity index (χ3n) is 6.53. The predicted molar refractivity (Wildman–Crippen MR) is 150 cm³/mol. The first-order valence-corrected chi connectivity index (χ1v) is 12.0. The van der Waals surface area contributed by atoms with Crippen LogP contribution in [-0.2, 0) is 0 Å². The summed E-state index contributed by atoms with van der Waals surface area (Å²) in [5, 5.41) is 28.9. The zero-order valence-corrected chi connectivity index (χ0v) is 20.1. The van der Waals surface area contributed by atoms with E-state index in [1.807, 2.05) is 85.8 Å². The molecule has 6 rings (SSSR count). The lowest BCUT2D eigenvalue weighted by atomic mass is 10.0. The number of nitrogens with zero attached hydrogens (tertiary/aromatic N) is 2. The molecule has 2 N–H and O–H groups in total. The first kappa shape index (κ1) is 22.4. The molecular formula is C32H23N3O2. The van der Waals surface area contributed by atoms with Crippen molar-refractivity contribution in [3.05, 3.63) is 120 Å². The third kappa shape index (κ3) is 4.28. The molecule has 6 aromatic rings. The number of phenols is 1. The Labute approximate surface area is 213 Å². The van der Waals surface area contributed by atoms with Crippen LogP contribution in [0.25, 0.3) is 32.3 Å². The first-order valence-electron chi connectivity index (χ1n) is 12.0. The molecule has 1 amide bonds. The summed E-state index contributed by atoms with van der Waals surface area (Å²) in [6.07, 6.45) is 0. The zero-order valence-electron chi connectivity index (χ0n) is 20.1. The molecule has 0 aliphatic rings. The van der Waals surface area contributed by atoms with Crippen LogP contribution in [0.15, 0.2) is 119 Å². The third-order valence-corrected chi connectivity index (χ3v) is 6.53. The largest absolute Gasteiger partial charge is 0.505 e. The average molecular weight is 482 g/mol. The van der Waals surface area contributed by atoms with E-state index in [2.05, 4.69) is 39.8 Å². The van der Waals surface area contributed by atoms with Gasteiger partial charge in [-0.25, -0.2) is 0 Å². The number of carbonyl (C=O) groups is 1. The van der Waals surface area contributed by atoms with Crippen LogP contribution in [0.3, 0.4) is 0 Å². The molecule has 37 heavy (non-hydrogen) atoms. The second kappa shape index (κ2) is 9.21. The predicted octanol–water partition coefficient (Wildman–Crippen LogP) is 8.83. The molecule has 0 heterocycles. The molecule has 0 spiro atoms. The highest BCUT2D eigenvalue weighted by Crippen LogP contribution is 2.40. The number of hydrogen-bond donors (Lipinski definition) is 2. The van der Waals surface area contributed by atoms with Crippen molar-refractivity contribution in [3.63, 3.8) is 0 Å². The summed E-state index contributed by atoms with van der Waals surface area (Å²) in [6.45, 7) is 1.98. The van der Waals surface area contributed by atoms with Crippen LogP contribution in [0, 0.1) is 6.92 Å². The minimum absolute atomic E-state index is 0.136. The molecule has 0 radical (unpaired) electrons. The second-order valence-corrected chi connectivity index (χ2v) is 9.06. The molecule has 0 saturated carbocycles. The maximum atomic E-state index is 13.1. The van der Waals surface area contributed by atoms with E-state index in [9.17, 15) is 9.90 Å². The monoisotopic (exact) mass is 481 g/mol. The summed E-state index contributed by atoms with van der Waals surface area (Å²) in [6, 6.07) is 35.0. The Morgan fingerprint density at radius 3 is 2.11 bits per heavy atom. The van der Waals surface area contributed by atoms with E-state index >= 15 is 0 Å². The number of hydrogen-bond acceptors (Lipinski definition) is 4. The van der Waals surface area contributed by atoms with E-state index < -0.39 is 5.91 Å². The van der Waals surface area contributed by atoms with Gasteiger partial charge in [0, 0.05) is 16.5 Å². The number of aromatic hydroxyl groups is 1. The van der Waals surface area contributed by atoms with Crippen molar-refractivity contribution < 1.29 is 9.90 Å². The summed E-state index contributed by atoms with van der Waals surface area (Å²) < 4.78 is 0. The zero-order chi connectivity index (χ0) is 25.4. The number of anilines is 1. The van der Waals surface area contributed by atoms with Crippen molar-refractivity contribution in [2.45, 2.75) is 6.92 Å². The van der Waals surface area contributed by atoms with Gasteiger partial charge in [-0.1, -0.05) is 78.4 Å². The number of aryl methyl sites for hydroxylation is 1. The maximum Gasteiger partial charge on any atom is 0.259 e. The number of rotatable bonds is 4. The van der Waals surface area contributed by atoms with Crippen molar-refractivity contribution in [2.24, 2.45) is 10.2 Å². The fourth-order valence-corrected chi connectivity index (χ4v) is 4.57. The van der Waals surface area contributed by atoms with E-state index in [0.717, 1.165) is 32.5 Å². The highest BCUT2D eigenvalue weighted by molar-refractivity contribution is 6.12. The number of fused-ring (bicyclic) bond motifs is 3. The highest BCUT2D eigenvalue weighted by Gasteiger charge is 2.18. The Morgan fingerprint density at radius 1 is 0.676 bits per heavy atom. The van der Waals surface area contributed by atoms with Crippen LogP contribution < -0.4 is 5.32 Å². The van der Waals surface area contributed by atoms with Crippen molar-refractivity contribution in [1.82, 2.24) is 0 Å². The maximum absolute atomic E-state index is 13.1. The lowest BCUT2D eigenvalue weighted by Crippen LogP contribution is -2.12. The van der Waals surface area contributed by atoms with Crippen LogP contribution in [0.5, 0.6) is 5.75 Å². The Bertz CT molecular complexity index is 1840. The van der Waals surface area contributed by atoms with Gasteiger partial charge in [0.05, 0.1) is 11.3 Å². The van der Waals surface area contributed by atoms with Gasteiger partial charge in [-0.15, -0.1) is 10.2 Å². The minimum Gasteiger partial charge on any atom is -0.505 e. The molecule has 0 aromatic heterocycles. The van der Waals surface area contributed by atoms with Crippen molar-refractivity contribution in [3.8, 4) is 5.75 Å². The van der Waals surface area contributed by atoms with Crippen LogP contribution in [-0.4, -0.2) is 11.0 Å². The summed E-state index contributed by atoms with van der Waals surface area (Å²) >= 11 is 0. The highest BCUT2D eigenvalue weighted by atomic mass is 16.3. The van der Waals surface area contributed by atoms with Gasteiger partial charge < -0.3 is 10.4 Å². The normalized spacial score (nSPS) is 11.5. The van der Waals surface area contributed by atoms with Crippen molar-refractivity contribution in [2.75, 3.05) is 5.32 Å². The molecule has 5 heteroatoms. The standard InChI is InChI=1S/C32H23N3O2/c1-20-13-15-25(16-14-20)33-32(37)28-19-24-9-4-5-11-26(24)30(31(28)36)35-34-29-12-6-10-23-17-21-7-2-3-8-22(21)18-27(23)29/h2-19,36H,1H3,(H,33,37). The molecular weight excluding hydrogens is 458 g/mol. The fourth-order valence-electron chi connectivity index (χ4n) is 4.57. The lowest BCUT2D eigenvalue weighted by molar-refractivity contribution is 0.102. The molecule has 0 aliphatic carbocycles. The Kier molecular flexibility index (Phi) is 5.58. The summed E-state index contributed by atoms with van der Waals surface area (Å²) in [7, 11) is 0. The smallest absolute Gasteiger partial charge is 0.259 e. The first-order chi connectivity index (χ1) is 18.1. The molecule has 0 unspecified atom stereocenters. The summed E-state index contributed by atoms with van der Waals surface area (Å²) in [5.74, 6) is -0.627. The van der Waals surface area contributed by atoms with Crippen LogP contribution >= 0.6 is 0 Å². The number of azo groups is 1. The fraction of sp³-hybridized carbons (Fsp3) is 0.0312. The van der Waals surface area contributed by atoms with Gasteiger partial charge in [-0.05, 0) is 64.9 Å². The Balaban J connectivity index is 1.45. The van der Waals surface area contributed by atoms with Gasteiger partial charge in [0.15, 0.2) is 5.75 Å². The molecule has 0 atom stereocenters. The van der Waals surface area contributed by atoms with Crippen molar-refractivity contribution in [1.29, 1.82) is 0 Å². The Hall–Kier alpha value is -5.03.